The van der Waals surface area contributed by atoms with Crippen LogP contribution in [0.5, 0.6) is 0 Å². The molecule has 1 aliphatic carbocycles. The molecule has 1 aliphatic rings. The lowest BCUT2D eigenvalue weighted by atomic mass is 9.85. The largest absolute Gasteiger partial charge is 0.456 e. The van der Waals surface area contributed by atoms with Crippen molar-refractivity contribution in [3.05, 3.63) is 254 Å². The maximum absolute atomic E-state index is 6.53. The predicted molar refractivity (Wildman–Crippen MR) is 287 cm³/mol. The van der Waals surface area contributed by atoms with Crippen LogP contribution in [0.2, 0.25) is 0 Å². The molecule has 1 unspecified atom stereocenters. The standard InChI is InChI=1S/C65H46N2O/c1-43-34-37-54(57-29-17-21-45-20-16-28-51(65(45)57)44-18-4-2-5-19-44)61(40-43)67(59-31-13-9-25-50(59)47-36-39-56-55-27-11-15-33-63(55)68-64(56)42-47)58-30-12-8-24-49(58)46-35-38-53-52-26-10-14-32-60(52)66(62(53)41-46)48-22-6-3-7-23-48/h2-33,35-43H,34H2,1H3. The van der Waals surface area contributed by atoms with Gasteiger partial charge in [0, 0.05) is 49.6 Å². The highest BCUT2D eigenvalue weighted by molar-refractivity contribution is 6.12. The molecule has 2 heterocycles. The Labute approximate surface area is 395 Å². The van der Waals surface area contributed by atoms with E-state index in [0.717, 1.165) is 73.4 Å². The normalized spacial score (nSPS) is 13.9. The summed E-state index contributed by atoms with van der Waals surface area (Å²) in [4.78, 5) is 2.55. The highest BCUT2D eigenvalue weighted by atomic mass is 16.3. The lowest BCUT2D eigenvalue weighted by Crippen LogP contribution is -2.22. The van der Waals surface area contributed by atoms with Crippen LogP contribution in [-0.4, -0.2) is 4.57 Å². The molecule has 0 saturated heterocycles. The molecule has 13 rings (SSSR count). The number of nitrogens with zero attached hydrogens (tertiary/aromatic N) is 2. The van der Waals surface area contributed by atoms with Crippen LogP contribution < -0.4 is 4.90 Å². The van der Waals surface area contributed by atoms with E-state index >= 15 is 0 Å². The summed E-state index contributed by atoms with van der Waals surface area (Å²) in [5, 5.41) is 7.19. The molecule has 68 heavy (non-hydrogen) atoms. The molecule has 0 bridgehead atoms. The molecule has 0 spiro atoms. The Kier molecular flexibility index (Phi) is 9.54. The number of anilines is 2. The molecule has 0 fully saturated rings. The Morgan fingerprint density at radius 3 is 1.78 bits per heavy atom. The second kappa shape index (κ2) is 16.3. The van der Waals surface area contributed by atoms with Crippen molar-refractivity contribution < 1.29 is 4.42 Å². The number of benzene rings is 10. The van der Waals surface area contributed by atoms with Crippen LogP contribution in [-0.2, 0) is 0 Å². The van der Waals surface area contributed by atoms with Gasteiger partial charge in [0.2, 0.25) is 0 Å². The SMILES string of the molecule is CC1C=C(N(c2ccccc2-c2ccc3c(c2)oc2ccccc23)c2ccccc2-c2ccc3c4ccccc4n(-c4ccccc4)c3c2)C(c2cccc3cccc(-c4ccccc4)c23)=CC1. The first-order chi connectivity index (χ1) is 33.7. The van der Waals surface area contributed by atoms with Crippen molar-refractivity contribution in [2.75, 3.05) is 4.90 Å². The third kappa shape index (κ3) is 6.58. The van der Waals surface area contributed by atoms with E-state index in [9.17, 15) is 0 Å². The van der Waals surface area contributed by atoms with Crippen LogP contribution >= 0.6 is 0 Å². The lowest BCUT2D eigenvalue weighted by Gasteiger charge is -2.35. The first kappa shape index (κ1) is 39.7. The van der Waals surface area contributed by atoms with Gasteiger partial charge in [-0.15, -0.1) is 0 Å². The summed E-state index contributed by atoms with van der Waals surface area (Å²) in [6.07, 6.45) is 5.93. The number of allylic oxidation sites excluding steroid dienone is 3. The van der Waals surface area contributed by atoms with Crippen LogP contribution in [0.25, 0.3) is 99.2 Å². The van der Waals surface area contributed by atoms with E-state index < -0.39 is 0 Å². The van der Waals surface area contributed by atoms with E-state index in [0.29, 0.717) is 5.92 Å². The molecular formula is C65H46N2O. The van der Waals surface area contributed by atoms with Gasteiger partial charge in [-0.25, -0.2) is 0 Å². The van der Waals surface area contributed by atoms with Crippen LogP contribution in [0.4, 0.5) is 11.4 Å². The Balaban J connectivity index is 1.07. The first-order valence-electron chi connectivity index (χ1n) is 23.6. The monoisotopic (exact) mass is 870 g/mol. The summed E-state index contributed by atoms with van der Waals surface area (Å²) >= 11 is 0. The molecule has 1 atom stereocenters. The number of fused-ring (bicyclic) bond motifs is 7. The van der Waals surface area contributed by atoms with Crippen molar-refractivity contribution in [2.45, 2.75) is 13.3 Å². The molecule has 0 N–H and O–H groups in total. The number of furan rings is 1. The molecular weight excluding hydrogens is 825 g/mol. The molecule has 10 aromatic carbocycles. The van der Waals surface area contributed by atoms with Gasteiger partial charge in [-0.2, -0.15) is 0 Å². The van der Waals surface area contributed by atoms with E-state index in [2.05, 4.69) is 253 Å². The molecule has 12 aromatic rings. The zero-order valence-electron chi connectivity index (χ0n) is 37.7. The summed E-state index contributed by atoms with van der Waals surface area (Å²) in [6, 6.07) is 83.8. The van der Waals surface area contributed by atoms with Crippen LogP contribution in [0, 0.1) is 5.92 Å². The van der Waals surface area contributed by atoms with Crippen LogP contribution in [0.3, 0.4) is 0 Å². The molecule has 0 radical (unpaired) electrons. The quantitative estimate of drug-likeness (QED) is 0.152. The molecule has 0 aliphatic heterocycles. The molecule has 2 aromatic heterocycles. The maximum Gasteiger partial charge on any atom is 0.136 e. The van der Waals surface area contributed by atoms with Crippen molar-refractivity contribution in [3.63, 3.8) is 0 Å². The number of hydrogen-bond acceptors (Lipinski definition) is 2. The Morgan fingerprint density at radius 1 is 0.441 bits per heavy atom. The van der Waals surface area contributed by atoms with Crippen molar-refractivity contribution in [3.8, 4) is 39.1 Å². The number of hydrogen-bond donors (Lipinski definition) is 0. The van der Waals surface area contributed by atoms with Gasteiger partial charge in [0.25, 0.3) is 0 Å². The topological polar surface area (TPSA) is 21.3 Å². The number of rotatable bonds is 8. The molecule has 0 saturated carbocycles. The minimum Gasteiger partial charge on any atom is -0.456 e. The summed E-state index contributed by atoms with van der Waals surface area (Å²) in [5.74, 6) is 0.295. The summed E-state index contributed by atoms with van der Waals surface area (Å²) < 4.78 is 8.94. The van der Waals surface area contributed by atoms with E-state index in [4.69, 9.17) is 4.42 Å². The zero-order valence-corrected chi connectivity index (χ0v) is 37.7. The smallest absolute Gasteiger partial charge is 0.136 e. The summed E-state index contributed by atoms with van der Waals surface area (Å²) in [5.41, 5.74) is 18.0. The van der Waals surface area contributed by atoms with Crippen molar-refractivity contribution >= 4 is 71.5 Å². The summed E-state index contributed by atoms with van der Waals surface area (Å²) in [6.45, 7) is 2.34. The fourth-order valence-electron chi connectivity index (χ4n) is 10.8. The third-order valence-electron chi connectivity index (χ3n) is 13.9. The maximum atomic E-state index is 6.53. The first-order valence-corrected chi connectivity index (χ1v) is 23.6. The van der Waals surface area contributed by atoms with Gasteiger partial charge in [-0.3, -0.25) is 0 Å². The van der Waals surface area contributed by atoms with Gasteiger partial charge in [0.05, 0.1) is 22.4 Å². The lowest BCUT2D eigenvalue weighted by molar-refractivity contribution is 0.669. The average Bonchev–Trinajstić information content (AvgIpc) is 3.94. The van der Waals surface area contributed by atoms with Gasteiger partial charge >= 0.3 is 0 Å². The zero-order chi connectivity index (χ0) is 45.1. The molecule has 322 valence electrons. The van der Waals surface area contributed by atoms with Crippen molar-refractivity contribution in [1.82, 2.24) is 4.57 Å². The molecule has 3 heteroatoms. The second-order valence-corrected chi connectivity index (χ2v) is 18.1. The van der Waals surface area contributed by atoms with Gasteiger partial charge in [-0.05, 0) is 106 Å². The van der Waals surface area contributed by atoms with Gasteiger partial charge in [-0.1, -0.05) is 195 Å². The van der Waals surface area contributed by atoms with Crippen LogP contribution in [0.1, 0.15) is 18.9 Å². The average molecular weight is 871 g/mol. The van der Waals surface area contributed by atoms with Gasteiger partial charge < -0.3 is 13.9 Å². The predicted octanol–water partition coefficient (Wildman–Crippen LogP) is 18.0. The fourth-order valence-corrected chi connectivity index (χ4v) is 10.8. The number of para-hydroxylation sites is 5. The Morgan fingerprint density at radius 2 is 1.01 bits per heavy atom. The third-order valence-corrected chi connectivity index (χ3v) is 13.9. The van der Waals surface area contributed by atoms with Crippen molar-refractivity contribution in [1.29, 1.82) is 0 Å². The second-order valence-electron chi connectivity index (χ2n) is 18.1. The highest BCUT2D eigenvalue weighted by Gasteiger charge is 2.29. The van der Waals surface area contributed by atoms with E-state index in [1.165, 1.54) is 54.8 Å². The van der Waals surface area contributed by atoms with Crippen molar-refractivity contribution in [2.24, 2.45) is 5.92 Å². The minimum atomic E-state index is 0.295. The van der Waals surface area contributed by atoms with E-state index in [-0.39, 0.29) is 0 Å². The molecule has 3 nitrogen and oxygen atoms in total. The summed E-state index contributed by atoms with van der Waals surface area (Å²) in [7, 11) is 0. The molecule has 0 amide bonds. The number of aromatic nitrogens is 1. The Bertz CT molecular complexity index is 3960. The van der Waals surface area contributed by atoms with Gasteiger partial charge in [0.15, 0.2) is 0 Å². The highest BCUT2D eigenvalue weighted by Crippen LogP contribution is 2.49. The van der Waals surface area contributed by atoms with Gasteiger partial charge in [0.1, 0.15) is 11.2 Å². The fraction of sp³-hybridized carbons (Fsp3) is 0.0462. The van der Waals surface area contributed by atoms with E-state index in [1.54, 1.807) is 0 Å². The Hall–Kier alpha value is -8.66. The van der Waals surface area contributed by atoms with E-state index in [1.807, 2.05) is 6.07 Å². The van der Waals surface area contributed by atoms with Crippen LogP contribution in [0.15, 0.2) is 253 Å². The minimum absolute atomic E-state index is 0.295.